The molecule has 0 saturated carbocycles. The van der Waals surface area contributed by atoms with Gasteiger partial charge in [-0.3, -0.25) is 4.40 Å². The molecule has 1 atom stereocenters. The summed E-state index contributed by atoms with van der Waals surface area (Å²) in [6, 6.07) is 9.56. The summed E-state index contributed by atoms with van der Waals surface area (Å²) in [7, 11) is 0. The van der Waals surface area contributed by atoms with E-state index in [1.807, 2.05) is 30.3 Å². The summed E-state index contributed by atoms with van der Waals surface area (Å²) in [5.74, 6) is 0.0842. The predicted octanol–water partition coefficient (Wildman–Crippen LogP) is 4.08. The van der Waals surface area contributed by atoms with Gasteiger partial charge in [0, 0.05) is 19.0 Å². The topological polar surface area (TPSA) is 86.0 Å². The monoisotopic (exact) mass is 442 g/mol. The molecular weight excluding hydrogens is 420 g/mol. The van der Waals surface area contributed by atoms with Crippen LogP contribution < -0.4 is 0 Å². The van der Waals surface area contributed by atoms with Crippen LogP contribution in [0.15, 0.2) is 42.7 Å². The van der Waals surface area contributed by atoms with Crippen molar-refractivity contribution >= 4 is 29.2 Å². The van der Waals surface area contributed by atoms with E-state index in [1.54, 1.807) is 22.4 Å². The average molecular weight is 443 g/mol. The highest BCUT2D eigenvalue weighted by atomic mass is 35.5. The number of ether oxygens (including phenoxy) is 2. The first-order valence-corrected chi connectivity index (χ1v) is 10.6. The van der Waals surface area contributed by atoms with Gasteiger partial charge in [-0.05, 0) is 25.3 Å². The number of hydrogen-bond donors (Lipinski definition) is 0. The summed E-state index contributed by atoms with van der Waals surface area (Å²) >= 11 is 6.23. The van der Waals surface area contributed by atoms with E-state index in [9.17, 15) is 9.59 Å². The first kappa shape index (κ1) is 21.1. The smallest absolute Gasteiger partial charge is 0.410 e. The quantitative estimate of drug-likeness (QED) is 0.553. The number of benzene rings is 1. The Bertz CT molecular complexity index is 1090. The van der Waals surface area contributed by atoms with Gasteiger partial charge in [-0.2, -0.15) is 0 Å². The maximum atomic E-state index is 12.6. The molecule has 1 amide bonds. The number of hydrogen-bond acceptors (Lipinski definition) is 6. The Morgan fingerprint density at radius 3 is 2.74 bits per heavy atom. The van der Waals surface area contributed by atoms with E-state index < -0.39 is 5.97 Å². The van der Waals surface area contributed by atoms with Gasteiger partial charge < -0.3 is 14.4 Å². The van der Waals surface area contributed by atoms with Gasteiger partial charge in [0.1, 0.15) is 17.9 Å². The average Bonchev–Trinajstić information content (AvgIpc) is 3.25. The van der Waals surface area contributed by atoms with Crippen LogP contribution in [-0.2, 0) is 16.1 Å². The van der Waals surface area contributed by atoms with Gasteiger partial charge in [0.15, 0.2) is 10.8 Å². The van der Waals surface area contributed by atoms with Crippen LogP contribution in [0.2, 0.25) is 5.15 Å². The van der Waals surface area contributed by atoms with Crippen LogP contribution in [0.1, 0.15) is 47.6 Å². The number of rotatable bonds is 5. The third kappa shape index (κ3) is 4.49. The molecule has 1 aliphatic heterocycles. The summed E-state index contributed by atoms with van der Waals surface area (Å²) in [4.78, 5) is 35.4. The maximum absolute atomic E-state index is 12.6. The minimum absolute atomic E-state index is 0.0767. The van der Waals surface area contributed by atoms with Gasteiger partial charge in [-0.25, -0.2) is 19.6 Å². The number of fused-ring (bicyclic) bond motifs is 1. The van der Waals surface area contributed by atoms with Crippen LogP contribution in [0.25, 0.3) is 5.52 Å². The zero-order chi connectivity index (χ0) is 21.8. The fourth-order valence-electron chi connectivity index (χ4n) is 3.81. The number of nitrogens with zero attached hydrogens (tertiary/aromatic N) is 4. The van der Waals surface area contributed by atoms with Crippen molar-refractivity contribution in [2.24, 2.45) is 0 Å². The summed E-state index contributed by atoms with van der Waals surface area (Å²) in [6.07, 6.45) is 4.25. The van der Waals surface area contributed by atoms with Crippen molar-refractivity contribution < 1.29 is 19.1 Å². The lowest BCUT2D eigenvalue weighted by atomic mass is 9.97. The van der Waals surface area contributed by atoms with Gasteiger partial charge in [-0.15, -0.1) is 0 Å². The molecule has 0 radical (unpaired) electrons. The molecule has 0 N–H and O–H groups in total. The van der Waals surface area contributed by atoms with Gasteiger partial charge in [-0.1, -0.05) is 41.9 Å². The SMILES string of the molecule is CCOC(=O)c1cnc(Cl)c2cnc([C@@H]3CCCN(C(=O)OCc4ccccc4)C3)n12. The van der Waals surface area contributed by atoms with Gasteiger partial charge in [0.05, 0.1) is 19.0 Å². The number of esters is 1. The second kappa shape index (κ2) is 9.34. The van der Waals surface area contributed by atoms with E-state index in [2.05, 4.69) is 9.97 Å². The second-order valence-corrected chi connectivity index (χ2v) is 7.68. The first-order chi connectivity index (χ1) is 15.1. The molecule has 1 aliphatic rings. The number of likely N-dealkylation sites (tertiary alicyclic amines) is 1. The van der Waals surface area contributed by atoms with E-state index in [0.29, 0.717) is 24.4 Å². The molecule has 0 aliphatic carbocycles. The standard InChI is InChI=1S/C22H23ClN4O4/c1-2-30-21(28)18-12-24-19(23)17-11-25-20(27(17)18)16-9-6-10-26(13-16)22(29)31-14-15-7-4-3-5-8-15/h3-5,7-8,11-12,16H,2,6,9-10,13-14H2,1H3/t16-/m1/s1. The van der Waals surface area contributed by atoms with Crippen molar-refractivity contribution in [1.29, 1.82) is 0 Å². The van der Waals surface area contributed by atoms with E-state index in [1.165, 1.54) is 6.20 Å². The Labute approximate surface area is 184 Å². The Hall–Kier alpha value is -3.13. The minimum Gasteiger partial charge on any atom is -0.461 e. The minimum atomic E-state index is -0.495. The zero-order valence-corrected chi connectivity index (χ0v) is 17.9. The maximum Gasteiger partial charge on any atom is 0.410 e. The second-order valence-electron chi connectivity index (χ2n) is 7.32. The Morgan fingerprint density at radius 1 is 1.16 bits per heavy atom. The summed E-state index contributed by atoms with van der Waals surface area (Å²) in [5.41, 5.74) is 1.73. The lowest BCUT2D eigenvalue weighted by Crippen LogP contribution is -2.40. The molecule has 1 aromatic carbocycles. The predicted molar refractivity (Wildman–Crippen MR) is 114 cm³/mol. The molecule has 0 bridgehead atoms. The van der Waals surface area contributed by atoms with Crippen LogP contribution in [0.5, 0.6) is 0 Å². The molecule has 1 fully saturated rings. The number of piperidine rings is 1. The number of imidazole rings is 1. The Kier molecular flexibility index (Phi) is 6.36. The molecule has 0 unspecified atom stereocenters. The largest absolute Gasteiger partial charge is 0.461 e. The number of halogens is 1. The molecule has 3 heterocycles. The lowest BCUT2D eigenvalue weighted by molar-refractivity contribution is 0.0515. The van der Waals surface area contributed by atoms with Gasteiger partial charge >= 0.3 is 12.1 Å². The molecule has 9 heteroatoms. The van der Waals surface area contributed by atoms with Crippen molar-refractivity contribution in [2.75, 3.05) is 19.7 Å². The molecule has 162 valence electrons. The number of carbonyl (C=O) groups is 2. The normalized spacial score (nSPS) is 16.3. The van der Waals surface area contributed by atoms with Crippen LogP contribution in [0, 0.1) is 0 Å². The fourth-order valence-corrected chi connectivity index (χ4v) is 3.99. The first-order valence-electron chi connectivity index (χ1n) is 10.2. The summed E-state index contributed by atoms with van der Waals surface area (Å²) in [5, 5.41) is 0.252. The number of carbonyl (C=O) groups excluding carboxylic acids is 2. The lowest BCUT2D eigenvalue weighted by Gasteiger charge is -2.31. The molecule has 31 heavy (non-hydrogen) atoms. The molecule has 0 spiro atoms. The van der Waals surface area contributed by atoms with E-state index in [4.69, 9.17) is 21.1 Å². The van der Waals surface area contributed by atoms with Crippen LogP contribution >= 0.6 is 11.6 Å². The Balaban J connectivity index is 1.54. The van der Waals surface area contributed by atoms with Crippen molar-refractivity contribution in [3.63, 3.8) is 0 Å². The molecule has 1 saturated heterocycles. The van der Waals surface area contributed by atoms with Gasteiger partial charge in [0.25, 0.3) is 0 Å². The molecule has 3 aromatic rings. The number of aromatic nitrogens is 3. The van der Waals surface area contributed by atoms with Gasteiger partial charge in [0.2, 0.25) is 0 Å². The van der Waals surface area contributed by atoms with Crippen LogP contribution in [0.3, 0.4) is 0 Å². The highest BCUT2D eigenvalue weighted by Gasteiger charge is 2.30. The highest BCUT2D eigenvalue weighted by molar-refractivity contribution is 6.32. The zero-order valence-electron chi connectivity index (χ0n) is 17.2. The molecule has 8 nitrogen and oxygen atoms in total. The summed E-state index contributed by atoms with van der Waals surface area (Å²) < 4.78 is 12.3. The van der Waals surface area contributed by atoms with E-state index in [0.717, 1.165) is 18.4 Å². The molecule has 2 aromatic heterocycles. The number of amides is 1. The fraction of sp³-hybridized carbons (Fsp3) is 0.364. The van der Waals surface area contributed by atoms with E-state index >= 15 is 0 Å². The van der Waals surface area contributed by atoms with Crippen LogP contribution in [-0.4, -0.2) is 51.0 Å². The highest BCUT2D eigenvalue weighted by Crippen LogP contribution is 2.29. The van der Waals surface area contributed by atoms with Crippen molar-refractivity contribution in [3.8, 4) is 0 Å². The molecular formula is C22H23ClN4O4. The van der Waals surface area contributed by atoms with Crippen molar-refractivity contribution in [2.45, 2.75) is 32.3 Å². The van der Waals surface area contributed by atoms with Crippen molar-refractivity contribution in [3.05, 3.63) is 65.0 Å². The Morgan fingerprint density at radius 2 is 1.97 bits per heavy atom. The van der Waals surface area contributed by atoms with Crippen molar-refractivity contribution in [1.82, 2.24) is 19.3 Å². The van der Waals surface area contributed by atoms with Crippen LogP contribution in [0.4, 0.5) is 4.79 Å². The third-order valence-corrected chi connectivity index (χ3v) is 5.57. The molecule has 4 rings (SSSR count). The summed E-state index contributed by atoms with van der Waals surface area (Å²) in [6.45, 7) is 3.27. The third-order valence-electron chi connectivity index (χ3n) is 5.28. The van der Waals surface area contributed by atoms with E-state index in [-0.39, 0.29) is 36.1 Å².